The number of aromatic nitrogens is 2. The fourth-order valence-electron chi connectivity index (χ4n) is 0.884. The molecule has 0 atom stereocenters. The Morgan fingerprint density at radius 1 is 1.00 bits per heavy atom. The monoisotopic (exact) mass is 211 g/mol. The molecule has 59 valence electrons. The van der Waals surface area contributed by atoms with Gasteiger partial charge in [-0.1, -0.05) is 24.3 Å². The zero-order chi connectivity index (χ0) is 6.97. The topological polar surface area (TPSA) is 28.2 Å². The van der Waals surface area contributed by atoms with Crippen LogP contribution in [0.1, 0.15) is 0 Å². The summed E-state index contributed by atoms with van der Waals surface area (Å²) in [4.78, 5) is 8.03. The van der Waals surface area contributed by atoms with E-state index in [2.05, 4.69) is 9.97 Å². The van der Waals surface area contributed by atoms with E-state index in [4.69, 9.17) is 12.2 Å². The van der Waals surface area contributed by atoms with E-state index in [1.807, 2.05) is 24.3 Å². The number of imidazole rings is 1. The van der Waals surface area contributed by atoms with Crippen LogP contribution >= 0.6 is 12.2 Å². The van der Waals surface area contributed by atoms with E-state index in [-0.39, 0.29) is 17.1 Å². The molecule has 1 aromatic carbocycles. The summed E-state index contributed by atoms with van der Waals surface area (Å²) in [5.41, 5.74) is 1.76. The van der Waals surface area contributed by atoms with Gasteiger partial charge < -0.3 is 9.97 Å². The summed E-state index contributed by atoms with van der Waals surface area (Å²) in [6.45, 7) is 0. The number of hydrogen-bond acceptors (Lipinski definition) is 1. The third-order valence-electron chi connectivity index (χ3n) is 1.31. The van der Waals surface area contributed by atoms with Gasteiger partial charge in [-0.05, 0) is 0 Å². The Morgan fingerprint density at radius 3 is 1.91 bits per heavy atom. The maximum absolute atomic E-state index is 4.79. The quantitative estimate of drug-likeness (QED) is 0.488. The number of rotatable bonds is 0. The molecule has 0 N–H and O–H groups in total. The van der Waals surface area contributed by atoms with Crippen molar-refractivity contribution in [3.8, 4) is 0 Å². The van der Waals surface area contributed by atoms with Crippen molar-refractivity contribution in [3.63, 3.8) is 0 Å². The third-order valence-corrected chi connectivity index (χ3v) is 1.50. The number of nitrogens with zero attached hydrogens (tertiary/aromatic N) is 2. The maximum atomic E-state index is 4.79. The van der Waals surface area contributed by atoms with Gasteiger partial charge in [0.2, 0.25) is 0 Å². The smallest absolute Gasteiger partial charge is 0.669 e. The largest absolute Gasteiger partial charge is 2.00 e. The van der Waals surface area contributed by atoms with E-state index in [1.165, 1.54) is 0 Å². The van der Waals surface area contributed by atoms with E-state index in [1.54, 1.807) is 0 Å². The Morgan fingerprint density at radius 2 is 1.45 bits per heavy atom. The van der Waals surface area contributed by atoms with E-state index in [0.717, 1.165) is 11.0 Å². The molecule has 0 aliphatic rings. The summed E-state index contributed by atoms with van der Waals surface area (Å²) in [6.07, 6.45) is 0. The molecule has 0 saturated heterocycles. The van der Waals surface area contributed by atoms with Crippen LogP contribution in [0.5, 0.6) is 0 Å². The number of para-hydroxylation sites is 2. The van der Waals surface area contributed by atoms with Gasteiger partial charge in [0, 0.05) is 0 Å². The van der Waals surface area contributed by atoms with Crippen LogP contribution in [0.25, 0.3) is 11.0 Å². The molecular weight excluding hydrogens is 208 g/mol. The SMILES string of the molecule is S=c1[n-]c2ccccc2[n-]1.[Cu+2]. The second kappa shape index (κ2) is 3.22. The predicted molar refractivity (Wildman–Crippen MR) is 41.4 cm³/mol. The molecule has 1 heterocycles. The molecule has 4 heteroatoms. The fraction of sp³-hybridized carbons (Fsp3) is 0. The Balaban J connectivity index is 0.000000605. The fourth-order valence-corrected chi connectivity index (χ4v) is 1.08. The molecule has 2 nitrogen and oxygen atoms in total. The van der Waals surface area contributed by atoms with Crippen molar-refractivity contribution in [2.75, 3.05) is 0 Å². The number of fused-ring (bicyclic) bond motifs is 1. The summed E-state index contributed by atoms with van der Waals surface area (Å²) in [6, 6.07) is 7.65. The average molecular weight is 212 g/mol. The van der Waals surface area contributed by atoms with Gasteiger partial charge in [-0.15, -0.1) is 12.2 Å². The molecule has 0 fully saturated rings. The minimum absolute atomic E-state index is 0. The van der Waals surface area contributed by atoms with Crippen molar-refractivity contribution in [1.29, 1.82) is 0 Å². The first-order valence-corrected chi connectivity index (χ1v) is 3.33. The normalized spacial score (nSPS) is 9.45. The van der Waals surface area contributed by atoms with Crippen molar-refractivity contribution >= 4 is 23.3 Å². The minimum Gasteiger partial charge on any atom is -0.669 e. The molecule has 0 aliphatic heterocycles. The second-order valence-corrected chi connectivity index (χ2v) is 2.36. The van der Waals surface area contributed by atoms with Gasteiger partial charge in [-0.25, -0.2) is 0 Å². The van der Waals surface area contributed by atoms with Crippen LogP contribution < -0.4 is 9.97 Å². The van der Waals surface area contributed by atoms with Crippen molar-refractivity contribution in [2.24, 2.45) is 0 Å². The molecule has 2 aromatic rings. The zero-order valence-corrected chi connectivity index (χ0v) is 7.17. The number of hydrogen-bond donors (Lipinski definition) is 0. The van der Waals surface area contributed by atoms with Crippen LogP contribution in [0.3, 0.4) is 0 Å². The molecule has 0 bridgehead atoms. The van der Waals surface area contributed by atoms with Gasteiger partial charge in [-0.3, -0.25) is 0 Å². The zero-order valence-electron chi connectivity index (χ0n) is 5.41. The summed E-state index contributed by atoms with van der Waals surface area (Å²) < 4.78 is 0.432. The van der Waals surface area contributed by atoms with Gasteiger partial charge in [0.05, 0.1) is 0 Å². The van der Waals surface area contributed by atoms with E-state index in [0.29, 0.717) is 4.77 Å². The maximum Gasteiger partial charge on any atom is 2.00 e. The molecule has 2 rings (SSSR count). The first-order valence-electron chi connectivity index (χ1n) is 2.93. The van der Waals surface area contributed by atoms with Crippen LogP contribution in [-0.4, -0.2) is 0 Å². The molecule has 0 unspecified atom stereocenters. The Bertz CT molecular complexity index is 368. The molecule has 0 amide bonds. The van der Waals surface area contributed by atoms with E-state index < -0.39 is 0 Å². The molecular formula is C7H4CuN2S. The van der Waals surface area contributed by atoms with Crippen LogP contribution in [0.4, 0.5) is 0 Å². The van der Waals surface area contributed by atoms with Crippen molar-refractivity contribution in [3.05, 3.63) is 29.0 Å². The van der Waals surface area contributed by atoms with Crippen molar-refractivity contribution < 1.29 is 17.1 Å². The molecule has 0 saturated carbocycles. The van der Waals surface area contributed by atoms with E-state index in [9.17, 15) is 0 Å². The molecule has 11 heavy (non-hydrogen) atoms. The summed E-state index contributed by atoms with van der Waals surface area (Å²) in [5.74, 6) is 0. The van der Waals surface area contributed by atoms with Gasteiger partial charge in [0.25, 0.3) is 0 Å². The molecule has 1 aromatic heterocycles. The second-order valence-electron chi connectivity index (χ2n) is 1.99. The Hall–Kier alpha value is -0.571. The summed E-state index contributed by atoms with van der Waals surface area (Å²) in [5, 5.41) is 0. The summed E-state index contributed by atoms with van der Waals surface area (Å²) in [7, 11) is 0. The molecule has 1 radical (unpaired) electrons. The molecule has 0 aliphatic carbocycles. The summed E-state index contributed by atoms with van der Waals surface area (Å²) >= 11 is 4.79. The van der Waals surface area contributed by atoms with Crippen molar-refractivity contribution in [2.45, 2.75) is 0 Å². The van der Waals surface area contributed by atoms with Gasteiger partial charge in [0.15, 0.2) is 0 Å². The van der Waals surface area contributed by atoms with Gasteiger partial charge in [0.1, 0.15) is 0 Å². The van der Waals surface area contributed by atoms with Crippen LogP contribution in [0.2, 0.25) is 0 Å². The third kappa shape index (κ3) is 1.53. The Kier molecular flexibility index (Phi) is 2.49. The van der Waals surface area contributed by atoms with Crippen LogP contribution in [-0.2, 0) is 17.1 Å². The van der Waals surface area contributed by atoms with Crippen molar-refractivity contribution in [1.82, 2.24) is 9.97 Å². The Labute approximate surface area is 79.5 Å². The van der Waals surface area contributed by atoms with Crippen LogP contribution in [0, 0.1) is 4.77 Å². The number of benzene rings is 1. The first-order chi connectivity index (χ1) is 4.86. The van der Waals surface area contributed by atoms with Gasteiger partial charge >= 0.3 is 17.1 Å². The van der Waals surface area contributed by atoms with Gasteiger partial charge in [-0.2, -0.15) is 15.8 Å². The van der Waals surface area contributed by atoms with E-state index >= 15 is 0 Å². The standard InChI is InChI=1S/C7H5N2S.Cu/c10-7-8-5-3-1-2-4-6(5)9-7;/h1-4H,(H-,8,9,10);/q-1;+2/p-1. The van der Waals surface area contributed by atoms with Crippen LogP contribution in [0.15, 0.2) is 24.3 Å². The average Bonchev–Trinajstić information content (AvgIpc) is 2.27. The minimum atomic E-state index is 0. The first kappa shape index (κ1) is 8.53. The molecule has 0 spiro atoms. The predicted octanol–water partition coefficient (Wildman–Crippen LogP) is 1.48.